The van der Waals surface area contributed by atoms with Crippen LogP contribution in [0.3, 0.4) is 0 Å². The Morgan fingerprint density at radius 1 is 0.258 bits per heavy atom. The third-order valence-corrected chi connectivity index (χ3v) is 13.5. The highest BCUT2D eigenvalue weighted by atomic mass is 15.1. The van der Waals surface area contributed by atoms with E-state index in [4.69, 9.17) is 0 Å². The molecule has 1 aliphatic carbocycles. The average Bonchev–Trinajstić information content (AvgIpc) is 3.71. The molecule has 1 aliphatic rings. The lowest BCUT2D eigenvalue weighted by Crippen LogP contribution is -2.28. The molecule has 11 aromatic carbocycles. The van der Waals surface area contributed by atoms with Gasteiger partial charge < -0.3 is 4.90 Å². The molecule has 66 heavy (non-hydrogen) atoms. The summed E-state index contributed by atoms with van der Waals surface area (Å²) >= 11 is 0. The first-order valence-electron chi connectivity index (χ1n) is 22.8. The van der Waals surface area contributed by atoms with Gasteiger partial charge in [-0.15, -0.1) is 0 Å². The Morgan fingerprint density at radius 3 is 1.38 bits per heavy atom. The highest BCUT2D eigenvalue weighted by molar-refractivity contribution is 5.98. The van der Waals surface area contributed by atoms with Crippen molar-refractivity contribution in [3.63, 3.8) is 0 Å². The topological polar surface area (TPSA) is 3.24 Å². The molecule has 0 aromatic heterocycles. The predicted octanol–water partition coefficient (Wildman–Crippen LogP) is 17.3. The monoisotopic (exact) mass is 839 g/mol. The lowest BCUT2D eigenvalue weighted by Gasteiger charge is -2.34. The summed E-state index contributed by atoms with van der Waals surface area (Å²) < 4.78 is 0. The zero-order valence-electron chi connectivity index (χ0n) is 36.4. The standard InChI is InChI=1S/C65H45N/c1-4-18-46(19-5-1)54-26-16-31-59(45-54)66(63-35-17-34-62-64(63)60-32-12-13-33-61(60)65(62,56-27-6-2-7-28-56)57-29-8-3-9-30-57)58-40-38-48(39-41-58)50-22-14-23-51(42-50)52-24-15-25-53(44-52)55-37-36-47-20-10-11-21-49(47)43-55/h1-45H. The summed E-state index contributed by atoms with van der Waals surface area (Å²) in [6.45, 7) is 0. The maximum atomic E-state index is 2.46. The number of nitrogens with zero attached hydrogens (tertiary/aromatic N) is 1. The summed E-state index contributed by atoms with van der Waals surface area (Å²) in [5, 5.41) is 2.51. The SMILES string of the molecule is c1ccc(-c2cccc(N(c3ccc(-c4cccc(-c5cccc(-c6ccc7ccccc7c6)c5)c4)cc3)c3cccc4c3-c3ccccc3C4(c3ccccc3)c3ccccc3)c2)cc1. The van der Waals surface area contributed by atoms with E-state index in [0.29, 0.717) is 0 Å². The van der Waals surface area contributed by atoms with E-state index in [1.54, 1.807) is 0 Å². The molecule has 1 nitrogen and oxygen atoms in total. The van der Waals surface area contributed by atoms with Crippen LogP contribution in [-0.4, -0.2) is 0 Å². The van der Waals surface area contributed by atoms with Crippen LogP contribution in [-0.2, 0) is 5.41 Å². The molecule has 12 rings (SSSR count). The van der Waals surface area contributed by atoms with Crippen LogP contribution in [0.5, 0.6) is 0 Å². The molecule has 0 spiro atoms. The lowest BCUT2D eigenvalue weighted by molar-refractivity contribution is 0.768. The van der Waals surface area contributed by atoms with Gasteiger partial charge in [-0.1, -0.05) is 224 Å². The molecule has 310 valence electrons. The third-order valence-electron chi connectivity index (χ3n) is 13.5. The number of benzene rings is 11. The van der Waals surface area contributed by atoms with Gasteiger partial charge in [-0.05, 0) is 132 Å². The summed E-state index contributed by atoms with van der Waals surface area (Å²) in [4.78, 5) is 2.46. The van der Waals surface area contributed by atoms with Crippen LogP contribution in [0.4, 0.5) is 17.1 Å². The molecule has 0 amide bonds. The highest BCUT2D eigenvalue weighted by Crippen LogP contribution is 2.59. The van der Waals surface area contributed by atoms with Gasteiger partial charge in [0.2, 0.25) is 0 Å². The van der Waals surface area contributed by atoms with Crippen molar-refractivity contribution in [3.05, 3.63) is 295 Å². The molecule has 0 bridgehead atoms. The summed E-state index contributed by atoms with van der Waals surface area (Å²) in [6, 6.07) is 100. The third kappa shape index (κ3) is 6.73. The van der Waals surface area contributed by atoms with Crippen molar-refractivity contribution in [2.24, 2.45) is 0 Å². The van der Waals surface area contributed by atoms with Gasteiger partial charge in [-0.2, -0.15) is 0 Å². The van der Waals surface area contributed by atoms with E-state index in [9.17, 15) is 0 Å². The fourth-order valence-corrected chi connectivity index (χ4v) is 10.5. The average molecular weight is 840 g/mol. The summed E-state index contributed by atoms with van der Waals surface area (Å²) in [5.74, 6) is 0. The largest absolute Gasteiger partial charge is 0.310 e. The van der Waals surface area contributed by atoms with Gasteiger partial charge in [0.25, 0.3) is 0 Å². The Kier molecular flexibility index (Phi) is 9.81. The Labute approximate surface area is 387 Å². The molecule has 0 radical (unpaired) electrons. The van der Waals surface area contributed by atoms with E-state index < -0.39 is 5.41 Å². The van der Waals surface area contributed by atoms with Crippen LogP contribution in [0.25, 0.3) is 66.4 Å². The Morgan fingerprint density at radius 2 is 0.712 bits per heavy atom. The fraction of sp³-hybridized carbons (Fsp3) is 0.0154. The zero-order valence-corrected chi connectivity index (χ0v) is 36.4. The molecule has 0 N–H and O–H groups in total. The molecule has 0 heterocycles. The smallest absolute Gasteiger partial charge is 0.0714 e. The van der Waals surface area contributed by atoms with Crippen LogP contribution < -0.4 is 4.90 Å². The molecule has 11 aromatic rings. The molecule has 0 unspecified atom stereocenters. The quantitative estimate of drug-likeness (QED) is 0.140. The molecule has 0 saturated carbocycles. The number of anilines is 3. The van der Waals surface area contributed by atoms with Crippen LogP contribution in [0.15, 0.2) is 273 Å². The summed E-state index contributed by atoms with van der Waals surface area (Å²) in [6.07, 6.45) is 0. The molecule has 0 aliphatic heterocycles. The van der Waals surface area contributed by atoms with E-state index in [1.807, 2.05) is 0 Å². The molecule has 1 heteroatoms. The number of rotatable bonds is 9. The van der Waals surface area contributed by atoms with Crippen LogP contribution in [0, 0.1) is 0 Å². The van der Waals surface area contributed by atoms with Crippen molar-refractivity contribution in [3.8, 4) is 55.6 Å². The minimum absolute atomic E-state index is 0.508. The van der Waals surface area contributed by atoms with Gasteiger partial charge in [-0.3, -0.25) is 0 Å². The Balaban J connectivity index is 0.987. The van der Waals surface area contributed by atoms with Crippen LogP contribution >= 0.6 is 0 Å². The van der Waals surface area contributed by atoms with Gasteiger partial charge in [0.15, 0.2) is 0 Å². The summed E-state index contributed by atoms with van der Waals surface area (Å²) in [5.41, 5.74) is 19.9. The molecule has 0 fully saturated rings. The summed E-state index contributed by atoms with van der Waals surface area (Å²) in [7, 11) is 0. The van der Waals surface area contributed by atoms with Crippen LogP contribution in [0.1, 0.15) is 22.3 Å². The first kappa shape index (κ1) is 39.1. The second-order valence-corrected chi connectivity index (χ2v) is 17.2. The van der Waals surface area contributed by atoms with Crippen molar-refractivity contribution in [2.45, 2.75) is 5.41 Å². The second kappa shape index (κ2) is 16.6. The minimum atomic E-state index is -0.508. The van der Waals surface area contributed by atoms with E-state index >= 15 is 0 Å². The van der Waals surface area contributed by atoms with Crippen LogP contribution in [0.2, 0.25) is 0 Å². The van der Waals surface area contributed by atoms with Gasteiger partial charge >= 0.3 is 0 Å². The Hall–Kier alpha value is -8.52. The van der Waals surface area contributed by atoms with Crippen molar-refractivity contribution in [2.75, 3.05) is 4.90 Å². The van der Waals surface area contributed by atoms with Crippen molar-refractivity contribution in [1.29, 1.82) is 0 Å². The second-order valence-electron chi connectivity index (χ2n) is 17.2. The van der Waals surface area contributed by atoms with E-state index in [2.05, 4.69) is 278 Å². The van der Waals surface area contributed by atoms with Crippen molar-refractivity contribution in [1.82, 2.24) is 0 Å². The maximum absolute atomic E-state index is 2.46. The van der Waals surface area contributed by atoms with Gasteiger partial charge in [0, 0.05) is 16.9 Å². The molecule has 0 saturated heterocycles. The maximum Gasteiger partial charge on any atom is 0.0714 e. The fourth-order valence-electron chi connectivity index (χ4n) is 10.5. The highest BCUT2D eigenvalue weighted by Gasteiger charge is 2.47. The number of fused-ring (bicyclic) bond motifs is 4. The van der Waals surface area contributed by atoms with E-state index in [-0.39, 0.29) is 0 Å². The van der Waals surface area contributed by atoms with Gasteiger partial charge in [0.1, 0.15) is 0 Å². The van der Waals surface area contributed by atoms with Crippen molar-refractivity contribution < 1.29 is 0 Å². The van der Waals surface area contributed by atoms with E-state index in [0.717, 1.165) is 17.1 Å². The first-order chi connectivity index (χ1) is 32.7. The lowest BCUT2D eigenvalue weighted by atomic mass is 9.68. The van der Waals surface area contributed by atoms with Gasteiger partial charge in [-0.25, -0.2) is 0 Å². The Bertz CT molecular complexity index is 3480. The zero-order chi connectivity index (χ0) is 43.9. The number of hydrogen-bond acceptors (Lipinski definition) is 1. The minimum Gasteiger partial charge on any atom is -0.310 e. The molecular weight excluding hydrogens is 795 g/mol. The van der Waals surface area contributed by atoms with Gasteiger partial charge in [0.05, 0.1) is 11.1 Å². The normalized spacial score (nSPS) is 12.4. The molecular formula is C65H45N. The van der Waals surface area contributed by atoms with Crippen molar-refractivity contribution >= 4 is 27.8 Å². The van der Waals surface area contributed by atoms with E-state index in [1.165, 1.54) is 88.7 Å². The predicted molar refractivity (Wildman–Crippen MR) is 278 cm³/mol. The number of hydrogen-bond donors (Lipinski definition) is 0. The molecule has 0 atom stereocenters. The first-order valence-corrected chi connectivity index (χ1v) is 22.8.